The lowest BCUT2D eigenvalue weighted by Gasteiger charge is -2.28. The SMILES string of the molecule is CC1(C)C(=O)N(c2ccc(C(F)(F)F)cc2)C(=O)N1c1cccc(C(F)(F)F)c1. The molecule has 0 radical (unpaired) electrons. The molecule has 1 saturated heterocycles. The van der Waals surface area contributed by atoms with Gasteiger partial charge in [-0.1, -0.05) is 6.07 Å². The molecule has 3 amide bonds. The van der Waals surface area contributed by atoms with E-state index in [0.29, 0.717) is 4.90 Å². The van der Waals surface area contributed by atoms with Crippen LogP contribution in [0.4, 0.5) is 42.5 Å². The second-order valence-electron chi connectivity index (χ2n) is 6.91. The number of rotatable bonds is 2. The zero-order valence-corrected chi connectivity index (χ0v) is 15.1. The second kappa shape index (κ2) is 6.50. The molecule has 0 bridgehead atoms. The molecular weight excluding hydrogens is 402 g/mol. The first kappa shape index (κ1) is 20.7. The van der Waals surface area contributed by atoms with Crippen molar-refractivity contribution in [2.75, 3.05) is 9.80 Å². The molecule has 0 aromatic heterocycles. The van der Waals surface area contributed by atoms with Gasteiger partial charge in [0, 0.05) is 5.69 Å². The van der Waals surface area contributed by atoms with Gasteiger partial charge in [0.1, 0.15) is 5.54 Å². The number of nitrogens with zero attached hydrogens (tertiary/aromatic N) is 2. The molecule has 4 nitrogen and oxygen atoms in total. The fraction of sp³-hybridized carbons (Fsp3) is 0.263. The maximum absolute atomic E-state index is 13.0. The summed E-state index contributed by atoms with van der Waals surface area (Å²) in [6.45, 7) is 2.69. The van der Waals surface area contributed by atoms with Gasteiger partial charge in [-0.3, -0.25) is 9.69 Å². The van der Waals surface area contributed by atoms with Crippen LogP contribution in [0.5, 0.6) is 0 Å². The first-order chi connectivity index (χ1) is 13.2. The van der Waals surface area contributed by atoms with Crippen molar-refractivity contribution >= 4 is 23.3 Å². The lowest BCUT2D eigenvalue weighted by molar-refractivity contribution is -0.138. The number of benzene rings is 2. The maximum Gasteiger partial charge on any atom is 0.416 e. The van der Waals surface area contributed by atoms with Crippen molar-refractivity contribution in [3.05, 3.63) is 59.7 Å². The van der Waals surface area contributed by atoms with Gasteiger partial charge in [0.25, 0.3) is 5.91 Å². The third-order valence-corrected chi connectivity index (χ3v) is 4.55. The van der Waals surface area contributed by atoms with E-state index < -0.39 is 41.0 Å². The van der Waals surface area contributed by atoms with Crippen molar-refractivity contribution in [1.29, 1.82) is 0 Å². The van der Waals surface area contributed by atoms with E-state index in [1.54, 1.807) is 0 Å². The quantitative estimate of drug-likeness (QED) is 0.481. The predicted molar refractivity (Wildman–Crippen MR) is 92.3 cm³/mol. The molecule has 1 heterocycles. The van der Waals surface area contributed by atoms with Gasteiger partial charge in [0.05, 0.1) is 16.8 Å². The number of halogens is 6. The fourth-order valence-corrected chi connectivity index (χ4v) is 3.08. The summed E-state index contributed by atoms with van der Waals surface area (Å²) in [5.74, 6) is -0.778. The molecular formula is C19H14F6N2O2. The molecule has 0 aliphatic carbocycles. The molecule has 1 fully saturated rings. The molecule has 10 heteroatoms. The van der Waals surface area contributed by atoms with Crippen LogP contribution >= 0.6 is 0 Å². The average Bonchev–Trinajstić information content (AvgIpc) is 2.78. The smallest absolute Gasteiger partial charge is 0.279 e. The van der Waals surface area contributed by atoms with Crippen molar-refractivity contribution in [3.63, 3.8) is 0 Å². The number of amides is 3. The van der Waals surface area contributed by atoms with Crippen LogP contribution < -0.4 is 9.80 Å². The molecule has 1 aliphatic heterocycles. The summed E-state index contributed by atoms with van der Waals surface area (Å²) in [6, 6.07) is 6.32. The first-order valence-electron chi connectivity index (χ1n) is 8.28. The van der Waals surface area contributed by atoms with Crippen molar-refractivity contribution < 1.29 is 35.9 Å². The Balaban J connectivity index is 2.03. The zero-order chi connectivity index (χ0) is 21.8. The molecule has 0 spiro atoms. The number of alkyl halides is 6. The Morgan fingerprint density at radius 1 is 0.759 bits per heavy atom. The lowest BCUT2D eigenvalue weighted by Crippen LogP contribution is -2.44. The van der Waals surface area contributed by atoms with Crippen molar-refractivity contribution in [2.24, 2.45) is 0 Å². The summed E-state index contributed by atoms with van der Waals surface area (Å²) >= 11 is 0. The van der Waals surface area contributed by atoms with Crippen LogP contribution in [-0.4, -0.2) is 17.5 Å². The van der Waals surface area contributed by atoms with Crippen LogP contribution in [0.15, 0.2) is 48.5 Å². The Morgan fingerprint density at radius 2 is 1.31 bits per heavy atom. The van der Waals surface area contributed by atoms with Crippen LogP contribution in [-0.2, 0) is 17.1 Å². The summed E-state index contributed by atoms with van der Waals surface area (Å²) in [5, 5.41) is 0. The maximum atomic E-state index is 13.0. The summed E-state index contributed by atoms with van der Waals surface area (Å²) in [5.41, 5.74) is -3.79. The lowest BCUT2D eigenvalue weighted by atomic mass is 10.0. The number of anilines is 2. The van der Waals surface area contributed by atoms with Gasteiger partial charge in [-0.05, 0) is 56.3 Å². The molecule has 29 heavy (non-hydrogen) atoms. The molecule has 0 saturated carbocycles. The molecule has 2 aromatic carbocycles. The Hall–Kier alpha value is -3.04. The number of urea groups is 1. The van der Waals surface area contributed by atoms with Crippen molar-refractivity contribution in [1.82, 2.24) is 0 Å². The van der Waals surface area contributed by atoms with Crippen LogP contribution in [0.2, 0.25) is 0 Å². The number of carbonyl (C=O) groups is 2. The minimum Gasteiger partial charge on any atom is -0.279 e. The predicted octanol–water partition coefficient (Wildman–Crippen LogP) is 5.48. The minimum absolute atomic E-state index is 0.115. The Morgan fingerprint density at radius 3 is 1.83 bits per heavy atom. The Bertz CT molecular complexity index is 964. The van der Waals surface area contributed by atoms with E-state index in [-0.39, 0.29) is 11.4 Å². The molecule has 3 rings (SSSR count). The highest BCUT2D eigenvalue weighted by molar-refractivity contribution is 6.30. The van der Waals surface area contributed by atoms with Crippen LogP contribution in [0, 0.1) is 0 Å². The van der Waals surface area contributed by atoms with E-state index in [0.717, 1.165) is 47.4 Å². The van der Waals surface area contributed by atoms with E-state index in [1.165, 1.54) is 19.9 Å². The van der Waals surface area contributed by atoms with E-state index in [1.807, 2.05) is 0 Å². The van der Waals surface area contributed by atoms with Gasteiger partial charge in [-0.15, -0.1) is 0 Å². The number of hydrogen-bond donors (Lipinski definition) is 0. The standard InChI is InChI=1S/C19H14F6N2O2/c1-17(2)15(28)26(13-8-6-11(7-9-13)18(20,21)22)16(29)27(17)14-5-3-4-12(10-14)19(23,24)25/h3-10H,1-2H3. The van der Waals surface area contributed by atoms with Crippen LogP contribution in [0.1, 0.15) is 25.0 Å². The van der Waals surface area contributed by atoms with E-state index in [2.05, 4.69) is 0 Å². The number of carbonyl (C=O) groups excluding carboxylic acids is 2. The van der Waals surface area contributed by atoms with Gasteiger partial charge < -0.3 is 0 Å². The van der Waals surface area contributed by atoms with E-state index in [9.17, 15) is 35.9 Å². The first-order valence-corrected chi connectivity index (χ1v) is 8.28. The molecule has 0 atom stereocenters. The van der Waals surface area contributed by atoms with Crippen LogP contribution in [0.3, 0.4) is 0 Å². The van der Waals surface area contributed by atoms with Crippen LogP contribution in [0.25, 0.3) is 0 Å². The zero-order valence-electron chi connectivity index (χ0n) is 15.1. The van der Waals surface area contributed by atoms with Crippen molar-refractivity contribution in [2.45, 2.75) is 31.7 Å². The summed E-state index contributed by atoms with van der Waals surface area (Å²) < 4.78 is 77.3. The van der Waals surface area contributed by atoms with Gasteiger partial charge in [-0.25, -0.2) is 9.69 Å². The largest absolute Gasteiger partial charge is 0.416 e. The molecule has 154 valence electrons. The Labute approximate surface area is 161 Å². The van der Waals surface area contributed by atoms with Gasteiger partial charge >= 0.3 is 18.4 Å². The number of imide groups is 1. The second-order valence-corrected chi connectivity index (χ2v) is 6.91. The molecule has 1 aliphatic rings. The fourth-order valence-electron chi connectivity index (χ4n) is 3.08. The normalized spacial score (nSPS) is 17.2. The van der Waals surface area contributed by atoms with Gasteiger partial charge in [0.2, 0.25) is 0 Å². The molecule has 2 aromatic rings. The third-order valence-electron chi connectivity index (χ3n) is 4.55. The summed E-state index contributed by atoms with van der Waals surface area (Å²) in [4.78, 5) is 27.3. The molecule has 0 unspecified atom stereocenters. The summed E-state index contributed by atoms with van der Waals surface area (Å²) in [7, 11) is 0. The highest BCUT2D eigenvalue weighted by Crippen LogP contribution is 2.39. The highest BCUT2D eigenvalue weighted by atomic mass is 19.4. The number of hydrogen-bond acceptors (Lipinski definition) is 2. The average molecular weight is 416 g/mol. The Kier molecular flexibility index (Phi) is 4.64. The summed E-state index contributed by atoms with van der Waals surface area (Å²) in [6.07, 6.45) is -9.25. The van der Waals surface area contributed by atoms with Gasteiger partial charge in [0.15, 0.2) is 0 Å². The van der Waals surface area contributed by atoms with E-state index >= 15 is 0 Å². The van der Waals surface area contributed by atoms with Gasteiger partial charge in [-0.2, -0.15) is 26.3 Å². The minimum atomic E-state index is -4.65. The topological polar surface area (TPSA) is 40.6 Å². The highest BCUT2D eigenvalue weighted by Gasteiger charge is 2.53. The monoisotopic (exact) mass is 416 g/mol. The molecule has 0 N–H and O–H groups in total. The van der Waals surface area contributed by atoms with Crippen molar-refractivity contribution in [3.8, 4) is 0 Å². The van der Waals surface area contributed by atoms with E-state index in [4.69, 9.17) is 0 Å². The third kappa shape index (κ3) is 3.54.